The summed E-state index contributed by atoms with van der Waals surface area (Å²) in [6.45, 7) is 8.53. The maximum Gasteiger partial charge on any atom is 0.341 e. The number of hydrogen-bond acceptors (Lipinski definition) is 6. The van der Waals surface area contributed by atoms with Gasteiger partial charge in [0.15, 0.2) is 0 Å². The van der Waals surface area contributed by atoms with Gasteiger partial charge in [0, 0.05) is 16.0 Å². The number of thiophene rings is 1. The molecule has 0 saturated heterocycles. The van der Waals surface area contributed by atoms with Gasteiger partial charge >= 0.3 is 5.97 Å². The number of nitro benzene ring substituents is 1. The van der Waals surface area contributed by atoms with E-state index in [1.54, 1.807) is 6.92 Å². The molecule has 1 unspecified atom stereocenters. The Balaban J connectivity index is 2.00. The number of rotatable bonds is 5. The minimum absolute atomic E-state index is 0.122. The molecule has 0 spiro atoms. The van der Waals surface area contributed by atoms with E-state index in [0.29, 0.717) is 16.5 Å². The van der Waals surface area contributed by atoms with Gasteiger partial charge in [0.05, 0.1) is 17.1 Å². The minimum atomic E-state index is -0.667. The van der Waals surface area contributed by atoms with E-state index in [4.69, 9.17) is 16.3 Å². The van der Waals surface area contributed by atoms with Gasteiger partial charge < -0.3 is 10.1 Å². The molecule has 1 aliphatic carbocycles. The number of hydrogen-bond donors (Lipinski definition) is 1. The molecule has 0 fully saturated rings. The molecule has 9 heteroatoms. The van der Waals surface area contributed by atoms with Gasteiger partial charge in [-0.2, -0.15) is 0 Å². The average molecular weight is 465 g/mol. The summed E-state index contributed by atoms with van der Waals surface area (Å²) >= 11 is 7.20. The quantitative estimate of drug-likeness (QED) is 0.338. The number of nitrogens with zero attached hydrogens (tertiary/aromatic N) is 1. The number of halogens is 1. The summed E-state index contributed by atoms with van der Waals surface area (Å²) in [5.74, 6) is -0.704. The Morgan fingerprint density at radius 3 is 2.68 bits per heavy atom. The first-order valence-electron chi connectivity index (χ1n) is 10.1. The van der Waals surface area contributed by atoms with Crippen LogP contribution in [0.3, 0.4) is 0 Å². The third-order valence-corrected chi connectivity index (χ3v) is 7.00. The second-order valence-corrected chi connectivity index (χ2v) is 10.1. The third kappa shape index (κ3) is 4.91. The zero-order valence-electron chi connectivity index (χ0n) is 17.9. The lowest BCUT2D eigenvalue weighted by Gasteiger charge is -2.33. The summed E-state index contributed by atoms with van der Waals surface area (Å²) in [5.41, 5.74) is 0.878. The van der Waals surface area contributed by atoms with E-state index in [2.05, 4.69) is 26.1 Å². The Morgan fingerprint density at radius 1 is 1.35 bits per heavy atom. The van der Waals surface area contributed by atoms with Crippen molar-refractivity contribution in [1.29, 1.82) is 0 Å². The third-order valence-electron chi connectivity index (χ3n) is 5.60. The highest BCUT2D eigenvalue weighted by Gasteiger charge is 2.35. The van der Waals surface area contributed by atoms with Crippen molar-refractivity contribution in [2.24, 2.45) is 11.3 Å². The first kappa shape index (κ1) is 23.2. The molecule has 3 rings (SSSR count). The molecule has 0 saturated carbocycles. The number of carbonyl (C=O) groups is 2. The molecule has 1 atom stereocenters. The molecule has 0 aliphatic heterocycles. The molecular formula is C22H25ClN2O5S. The Kier molecular flexibility index (Phi) is 6.71. The molecule has 1 aromatic carbocycles. The van der Waals surface area contributed by atoms with E-state index in [1.807, 2.05) is 0 Å². The number of nitrogens with one attached hydrogen (secondary N) is 1. The van der Waals surface area contributed by atoms with E-state index >= 15 is 0 Å². The van der Waals surface area contributed by atoms with Gasteiger partial charge in [0.25, 0.3) is 11.6 Å². The number of ether oxygens (including phenoxy) is 1. The van der Waals surface area contributed by atoms with Crippen LogP contribution in [0.25, 0.3) is 0 Å². The Morgan fingerprint density at radius 2 is 2.06 bits per heavy atom. The smallest absolute Gasteiger partial charge is 0.341 e. The molecule has 166 valence electrons. The molecule has 31 heavy (non-hydrogen) atoms. The highest BCUT2D eigenvalue weighted by molar-refractivity contribution is 7.17. The molecule has 7 nitrogen and oxygen atoms in total. The van der Waals surface area contributed by atoms with Crippen molar-refractivity contribution in [2.75, 3.05) is 11.9 Å². The SMILES string of the molecule is CCOC(=O)c1c(NC(=O)c2ccc(Cl)cc2[N+](=O)[O-])sc2c1CCC(C(C)(C)C)C2. The summed E-state index contributed by atoms with van der Waals surface area (Å²) in [6.07, 6.45) is 2.47. The lowest BCUT2D eigenvalue weighted by molar-refractivity contribution is -0.385. The van der Waals surface area contributed by atoms with Crippen LogP contribution in [0.1, 0.15) is 65.3 Å². The van der Waals surface area contributed by atoms with Gasteiger partial charge in [0.1, 0.15) is 10.6 Å². The van der Waals surface area contributed by atoms with Gasteiger partial charge in [-0.25, -0.2) is 4.79 Å². The van der Waals surface area contributed by atoms with Crippen LogP contribution in [0.5, 0.6) is 0 Å². The van der Waals surface area contributed by atoms with Gasteiger partial charge in [-0.05, 0) is 55.2 Å². The number of benzene rings is 1. The fraction of sp³-hybridized carbons (Fsp3) is 0.455. The predicted molar refractivity (Wildman–Crippen MR) is 121 cm³/mol. The van der Waals surface area contributed by atoms with Gasteiger partial charge in [0.2, 0.25) is 0 Å². The lowest BCUT2D eigenvalue weighted by atomic mass is 9.72. The van der Waals surface area contributed by atoms with Gasteiger partial charge in [-0.3, -0.25) is 14.9 Å². The first-order chi connectivity index (χ1) is 14.5. The Labute approximate surface area is 189 Å². The van der Waals surface area contributed by atoms with Crippen LogP contribution in [0.4, 0.5) is 10.7 Å². The van der Waals surface area contributed by atoms with Gasteiger partial charge in [-0.15, -0.1) is 11.3 Å². The molecule has 1 aliphatic rings. The fourth-order valence-electron chi connectivity index (χ4n) is 3.85. The summed E-state index contributed by atoms with van der Waals surface area (Å²) < 4.78 is 5.24. The number of amides is 1. The van der Waals surface area contributed by atoms with Crippen LogP contribution in [0.2, 0.25) is 5.02 Å². The summed E-state index contributed by atoms with van der Waals surface area (Å²) in [4.78, 5) is 37.4. The van der Waals surface area contributed by atoms with E-state index in [-0.39, 0.29) is 22.6 Å². The van der Waals surface area contributed by atoms with Crippen molar-refractivity contribution in [2.45, 2.75) is 47.0 Å². The molecule has 1 N–H and O–H groups in total. The van der Waals surface area contributed by atoms with Crippen molar-refractivity contribution < 1.29 is 19.2 Å². The average Bonchev–Trinajstić information content (AvgIpc) is 3.04. The van der Waals surface area contributed by atoms with Gasteiger partial charge in [-0.1, -0.05) is 32.4 Å². The van der Waals surface area contributed by atoms with Crippen molar-refractivity contribution in [3.8, 4) is 0 Å². The Hall–Kier alpha value is -2.45. The van der Waals surface area contributed by atoms with E-state index in [9.17, 15) is 19.7 Å². The van der Waals surface area contributed by atoms with Crippen LogP contribution in [0, 0.1) is 21.4 Å². The van der Waals surface area contributed by atoms with Crippen LogP contribution in [0.15, 0.2) is 18.2 Å². The zero-order chi connectivity index (χ0) is 22.9. The van der Waals surface area contributed by atoms with Crippen LogP contribution >= 0.6 is 22.9 Å². The number of esters is 1. The van der Waals surface area contributed by atoms with E-state index < -0.39 is 22.5 Å². The minimum Gasteiger partial charge on any atom is -0.462 e. The maximum absolute atomic E-state index is 12.9. The lowest BCUT2D eigenvalue weighted by Crippen LogP contribution is -2.26. The zero-order valence-corrected chi connectivity index (χ0v) is 19.5. The predicted octanol–water partition coefficient (Wildman–Crippen LogP) is 5.89. The van der Waals surface area contributed by atoms with Crippen molar-refractivity contribution >= 4 is 45.5 Å². The highest BCUT2D eigenvalue weighted by Crippen LogP contribution is 2.44. The summed E-state index contributed by atoms with van der Waals surface area (Å²) in [7, 11) is 0. The van der Waals surface area contributed by atoms with Crippen LogP contribution in [-0.4, -0.2) is 23.4 Å². The monoisotopic (exact) mass is 464 g/mol. The molecule has 1 heterocycles. The topological polar surface area (TPSA) is 98.5 Å². The van der Waals surface area contributed by atoms with Crippen molar-refractivity contribution in [3.05, 3.63) is 54.9 Å². The second-order valence-electron chi connectivity index (χ2n) is 8.61. The standard InChI is InChI=1S/C22H25ClN2O5S/c1-5-30-21(27)18-15-8-6-12(22(2,3)4)10-17(15)31-20(18)24-19(26)14-9-7-13(23)11-16(14)25(28)29/h7,9,11-12H,5-6,8,10H2,1-4H3,(H,24,26). The molecule has 0 bridgehead atoms. The largest absolute Gasteiger partial charge is 0.462 e. The molecule has 1 amide bonds. The van der Waals surface area contributed by atoms with E-state index in [0.717, 1.165) is 35.8 Å². The van der Waals surface area contributed by atoms with Crippen molar-refractivity contribution in [3.63, 3.8) is 0 Å². The molecular weight excluding hydrogens is 440 g/mol. The normalized spacial score (nSPS) is 15.8. The molecule has 2 aromatic rings. The molecule has 1 aromatic heterocycles. The number of anilines is 1. The number of carbonyl (C=O) groups excluding carboxylic acids is 2. The maximum atomic E-state index is 12.9. The fourth-order valence-corrected chi connectivity index (χ4v) is 5.33. The Bertz CT molecular complexity index is 1040. The second kappa shape index (κ2) is 8.96. The first-order valence-corrected chi connectivity index (χ1v) is 11.3. The van der Waals surface area contributed by atoms with E-state index in [1.165, 1.54) is 23.5 Å². The molecule has 0 radical (unpaired) electrons. The van der Waals surface area contributed by atoms with Crippen LogP contribution < -0.4 is 5.32 Å². The van der Waals surface area contributed by atoms with Crippen molar-refractivity contribution in [1.82, 2.24) is 0 Å². The highest BCUT2D eigenvalue weighted by atomic mass is 35.5. The number of fused-ring (bicyclic) bond motifs is 1. The summed E-state index contributed by atoms with van der Waals surface area (Å²) in [6, 6.07) is 3.86. The summed E-state index contributed by atoms with van der Waals surface area (Å²) in [5, 5.41) is 14.6. The van der Waals surface area contributed by atoms with Crippen LogP contribution in [-0.2, 0) is 17.6 Å². The number of nitro groups is 1.